The van der Waals surface area contributed by atoms with Crippen LogP contribution < -0.4 is 0 Å². The van der Waals surface area contributed by atoms with Gasteiger partial charge in [-0.15, -0.1) is 0 Å². The lowest BCUT2D eigenvalue weighted by Gasteiger charge is -2.08. The second-order valence-corrected chi connectivity index (χ2v) is 6.63. The normalized spacial score (nSPS) is 11.5. The lowest BCUT2D eigenvalue weighted by molar-refractivity contribution is -0.137. The molecule has 138 valence electrons. The van der Waals surface area contributed by atoms with Crippen molar-refractivity contribution in [3.8, 4) is 0 Å². The van der Waals surface area contributed by atoms with Crippen LogP contribution in [-0.2, 0) is 4.79 Å². The van der Waals surface area contributed by atoms with Gasteiger partial charge >= 0.3 is 5.97 Å². The Morgan fingerprint density at radius 1 is 0.846 bits per heavy atom. The molecule has 0 saturated heterocycles. The van der Waals surface area contributed by atoms with Crippen molar-refractivity contribution in [1.29, 1.82) is 0 Å². The van der Waals surface area contributed by atoms with Crippen LogP contribution in [0.1, 0.15) is 68.9 Å². The highest BCUT2D eigenvalue weighted by atomic mass is 16.4. The van der Waals surface area contributed by atoms with Gasteiger partial charge in [0.15, 0.2) is 0 Å². The zero-order valence-electron chi connectivity index (χ0n) is 15.4. The summed E-state index contributed by atoms with van der Waals surface area (Å²) in [6, 6.07) is 14.6. The number of carboxylic acids is 1. The van der Waals surface area contributed by atoms with Gasteiger partial charge in [-0.3, -0.25) is 9.78 Å². The van der Waals surface area contributed by atoms with E-state index in [4.69, 9.17) is 5.11 Å². The molecule has 0 aliphatic carbocycles. The zero-order chi connectivity index (χ0) is 18.5. The number of nitrogens with zero attached hydrogens (tertiary/aromatic N) is 1. The Labute approximate surface area is 156 Å². The summed E-state index contributed by atoms with van der Waals surface area (Å²) in [4.78, 5) is 14.7. The first kappa shape index (κ1) is 19.9. The van der Waals surface area contributed by atoms with E-state index in [0.29, 0.717) is 6.42 Å². The average molecular weight is 351 g/mol. The third kappa shape index (κ3) is 7.64. The summed E-state index contributed by atoms with van der Waals surface area (Å²) in [7, 11) is 0. The van der Waals surface area contributed by atoms with E-state index in [1.54, 1.807) is 0 Å². The molecule has 0 radical (unpaired) electrons. The van der Waals surface area contributed by atoms with E-state index in [1.165, 1.54) is 36.8 Å². The highest BCUT2D eigenvalue weighted by Crippen LogP contribution is 2.24. The molecule has 0 fully saturated rings. The number of hydrogen-bond acceptors (Lipinski definition) is 2. The summed E-state index contributed by atoms with van der Waals surface area (Å²) < 4.78 is 0. The minimum absolute atomic E-state index is 0.307. The fourth-order valence-electron chi connectivity index (χ4n) is 3.09. The first-order valence-electron chi connectivity index (χ1n) is 9.65. The van der Waals surface area contributed by atoms with E-state index in [9.17, 15) is 4.79 Å². The van der Waals surface area contributed by atoms with Crippen LogP contribution in [0, 0.1) is 0 Å². The van der Waals surface area contributed by atoms with Crippen molar-refractivity contribution in [1.82, 2.24) is 4.98 Å². The third-order valence-corrected chi connectivity index (χ3v) is 4.50. The topological polar surface area (TPSA) is 50.2 Å². The van der Waals surface area contributed by atoms with Crippen LogP contribution in [0.5, 0.6) is 0 Å². The van der Waals surface area contributed by atoms with Gasteiger partial charge in [0.2, 0.25) is 0 Å². The molecule has 1 aromatic heterocycles. The van der Waals surface area contributed by atoms with Gasteiger partial charge in [-0.2, -0.15) is 0 Å². The number of unbranched alkanes of at least 4 members (excludes halogenated alkanes) is 7. The average Bonchev–Trinajstić information content (AvgIpc) is 2.67. The number of allylic oxidation sites excluding steroid dienone is 1. The van der Waals surface area contributed by atoms with Crippen LogP contribution in [0.4, 0.5) is 0 Å². The molecule has 0 bridgehead atoms. The van der Waals surface area contributed by atoms with E-state index >= 15 is 0 Å². The predicted octanol–water partition coefficient (Wildman–Crippen LogP) is 6.11. The zero-order valence-corrected chi connectivity index (χ0v) is 15.4. The lowest BCUT2D eigenvalue weighted by atomic mass is 9.97. The Hall–Kier alpha value is -2.42. The molecule has 2 rings (SSSR count). The van der Waals surface area contributed by atoms with Crippen molar-refractivity contribution in [2.75, 3.05) is 0 Å². The van der Waals surface area contributed by atoms with Crippen molar-refractivity contribution < 1.29 is 9.90 Å². The molecule has 26 heavy (non-hydrogen) atoms. The summed E-state index contributed by atoms with van der Waals surface area (Å²) in [6.45, 7) is 0. The summed E-state index contributed by atoms with van der Waals surface area (Å²) in [5, 5.41) is 8.61. The maximum absolute atomic E-state index is 10.5. The smallest absolute Gasteiger partial charge is 0.303 e. The molecule has 0 saturated carbocycles. The Morgan fingerprint density at radius 2 is 1.50 bits per heavy atom. The molecule has 3 nitrogen and oxygen atoms in total. The lowest BCUT2D eigenvalue weighted by Crippen LogP contribution is -1.93. The van der Waals surface area contributed by atoms with Gasteiger partial charge in [0, 0.05) is 24.4 Å². The number of hydrogen-bond donors (Lipinski definition) is 1. The number of benzene rings is 1. The van der Waals surface area contributed by atoms with Crippen molar-refractivity contribution in [3.05, 3.63) is 72.1 Å². The number of aliphatic carboxylic acids is 1. The van der Waals surface area contributed by atoms with Gasteiger partial charge in [0.25, 0.3) is 0 Å². The van der Waals surface area contributed by atoms with Crippen LogP contribution in [0.25, 0.3) is 5.57 Å². The summed E-state index contributed by atoms with van der Waals surface area (Å²) in [6.07, 6.45) is 15.3. The van der Waals surface area contributed by atoms with Crippen LogP contribution in [0.2, 0.25) is 0 Å². The summed E-state index contributed by atoms with van der Waals surface area (Å²) >= 11 is 0. The van der Waals surface area contributed by atoms with Crippen LogP contribution >= 0.6 is 0 Å². The maximum Gasteiger partial charge on any atom is 0.303 e. The van der Waals surface area contributed by atoms with Crippen molar-refractivity contribution >= 4 is 11.5 Å². The quantitative estimate of drug-likeness (QED) is 0.469. The van der Waals surface area contributed by atoms with Gasteiger partial charge in [-0.05, 0) is 36.5 Å². The minimum Gasteiger partial charge on any atom is -0.481 e. The Kier molecular flexibility index (Phi) is 9.20. The fourth-order valence-corrected chi connectivity index (χ4v) is 3.09. The fraction of sp³-hybridized carbons (Fsp3) is 0.391. The van der Waals surface area contributed by atoms with Gasteiger partial charge in [0.1, 0.15) is 0 Å². The molecule has 0 atom stereocenters. The van der Waals surface area contributed by atoms with Gasteiger partial charge < -0.3 is 5.11 Å². The van der Waals surface area contributed by atoms with E-state index in [-0.39, 0.29) is 0 Å². The minimum atomic E-state index is -0.681. The van der Waals surface area contributed by atoms with Crippen molar-refractivity contribution in [2.45, 2.75) is 57.8 Å². The molecule has 1 aromatic carbocycles. The monoisotopic (exact) mass is 351 g/mol. The number of pyridine rings is 1. The molecule has 0 spiro atoms. The number of rotatable bonds is 12. The Bertz CT molecular complexity index is 624. The Morgan fingerprint density at radius 3 is 2.15 bits per heavy atom. The molecular weight excluding hydrogens is 322 g/mol. The standard InChI is InChI=1S/C23H29NO2/c25-23(26)17-11-6-4-2-1-3-5-10-16-22(20-13-8-7-9-14-20)21-15-12-18-24-19-21/h7-9,12-16,18-19H,1-6,10-11,17H2,(H,25,26)/b22-16-. The SMILES string of the molecule is O=C(O)CCCCCCCCC/C=C(/c1ccccc1)c1cccnc1. The predicted molar refractivity (Wildman–Crippen MR) is 107 cm³/mol. The number of carbonyl (C=O) groups is 1. The van der Waals surface area contributed by atoms with Crippen molar-refractivity contribution in [2.24, 2.45) is 0 Å². The molecular formula is C23H29NO2. The first-order chi connectivity index (χ1) is 12.8. The van der Waals surface area contributed by atoms with E-state index in [0.717, 1.165) is 31.2 Å². The van der Waals surface area contributed by atoms with E-state index in [2.05, 4.69) is 41.4 Å². The summed E-state index contributed by atoms with van der Waals surface area (Å²) in [5.41, 5.74) is 3.66. The van der Waals surface area contributed by atoms with Crippen LogP contribution in [0.15, 0.2) is 60.9 Å². The largest absolute Gasteiger partial charge is 0.481 e. The highest BCUT2D eigenvalue weighted by molar-refractivity contribution is 5.79. The molecule has 1 heterocycles. The van der Waals surface area contributed by atoms with Gasteiger partial charge in [-0.1, -0.05) is 74.6 Å². The first-order valence-corrected chi connectivity index (χ1v) is 9.65. The van der Waals surface area contributed by atoms with Crippen LogP contribution in [-0.4, -0.2) is 16.1 Å². The van der Waals surface area contributed by atoms with Crippen molar-refractivity contribution in [3.63, 3.8) is 0 Å². The number of carboxylic acid groups (broad SMARTS) is 1. The second-order valence-electron chi connectivity index (χ2n) is 6.63. The second kappa shape index (κ2) is 12.0. The summed E-state index contributed by atoms with van der Waals surface area (Å²) in [5.74, 6) is -0.681. The third-order valence-electron chi connectivity index (χ3n) is 4.50. The molecule has 2 aromatic rings. The molecule has 0 aliphatic heterocycles. The highest BCUT2D eigenvalue weighted by Gasteiger charge is 2.04. The maximum atomic E-state index is 10.5. The van der Waals surface area contributed by atoms with E-state index in [1.807, 2.05) is 24.5 Å². The molecule has 1 N–H and O–H groups in total. The van der Waals surface area contributed by atoms with Crippen LogP contribution in [0.3, 0.4) is 0 Å². The molecule has 3 heteroatoms. The molecule has 0 aliphatic rings. The Balaban J connectivity index is 1.74. The van der Waals surface area contributed by atoms with Gasteiger partial charge in [-0.25, -0.2) is 0 Å². The molecule has 0 amide bonds. The molecule has 0 unspecified atom stereocenters. The van der Waals surface area contributed by atoms with Gasteiger partial charge in [0.05, 0.1) is 0 Å². The van der Waals surface area contributed by atoms with E-state index < -0.39 is 5.97 Å². The number of aromatic nitrogens is 1.